The first-order valence-electron chi connectivity index (χ1n) is 8.23. The summed E-state index contributed by atoms with van der Waals surface area (Å²) >= 11 is 0. The van der Waals surface area contributed by atoms with E-state index in [0.29, 0.717) is 11.3 Å². The van der Waals surface area contributed by atoms with Gasteiger partial charge in [-0.25, -0.2) is 0 Å². The largest absolute Gasteiger partial charge is 0.342 e. The lowest BCUT2D eigenvalue weighted by atomic mass is 9.68. The van der Waals surface area contributed by atoms with Crippen LogP contribution in [0.1, 0.15) is 64.2 Å². The van der Waals surface area contributed by atoms with Crippen LogP contribution in [-0.4, -0.2) is 29.9 Å². The monoisotopic (exact) mass is 300 g/mol. The average molecular weight is 301 g/mol. The molecule has 2 aliphatic carbocycles. The standard InChI is InChI=1S/C16H28N2O.ClH/c17-14-5-4-13(12-14)15(19)18-10-8-16(9-11-18)6-2-1-3-7-16;/h13-14H,1-12,17H2;1H. The van der Waals surface area contributed by atoms with E-state index in [9.17, 15) is 4.79 Å². The van der Waals surface area contributed by atoms with Crippen molar-refractivity contribution in [2.75, 3.05) is 13.1 Å². The average Bonchev–Trinajstić information content (AvgIpc) is 2.87. The van der Waals surface area contributed by atoms with Crippen molar-refractivity contribution in [3.63, 3.8) is 0 Å². The molecule has 1 aliphatic heterocycles. The van der Waals surface area contributed by atoms with Gasteiger partial charge < -0.3 is 10.6 Å². The highest BCUT2D eigenvalue weighted by molar-refractivity contribution is 5.85. The Morgan fingerprint density at radius 2 is 1.65 bits per heavy atom. The van der Waals surface area contributed by atoms with Gasteiger partial charge >= 0.3 is 0 Å². The Morgan fingerprint density at radius 3 is 2.20 bits per heavy atom. The Morgan fingerprint density at radius 1 is 1.00 bits per heavy atom. The van der Waals surface area contributed by atoms with E-state index in [0.717, 1.165) is 32.4 Å². The highest BCUT2D eigenvalue weighted by Gasteiger charge is 2.38. The smallest absolute Gasteiger partial charge is 0.225 e. The zero-order valence-electron chi connectivity index (χ0n) is 12.5. The van der Waals surface area contributed by atoms with Gasteiger partial charge in [-0.15, -0.1) is 12.4 Å². The first kappa shape index (κ1) is 16.1. The molecule has 2 N–H and O–H groups in total. The summed E-state index contributed by atoms with van der Waals surface area (Å²) in [5, 5.41) is 0. The van der Waals surface area contributed by atoms with Crippen LogP contribution >= 0.6 is 12.4 Å². The Labute approximate surface area is 129 Å². The maximum atomic E-state index is 12.5. The molecule has 1 spiro atoms. The summed E-state index contributed by atoms with van der Waals surface area (Å²) in [6.07, 6.45) is 12.5. The minimum Gasteiger partial charge on any atom is -0.342 e. The molecule has 3 rings (SSSR count). The third-order valence-corrected chi connectivity index (χ3v) is 5.87. The van der Waals surface area contributed by atoms with Crippen molar-refractivity contribution < 1.29 is 4.79 Å². The molecule has 2 saturated carbocycles. The lowest BCUT2D eigenvalue weighted by molar-refractivity contribution is -0.138. The maximum absolute atomic E-state index is 12.5. The Balaban J connectivity index is 0.00000147. The van der Waals surface area contributed by atoms with Gasteiger partial charge in [0.25, 0.3) is 0 Å². The fourth-order valence-electron chi connectivity index (χ4n) is 4.50. The van der Waals surface area contributed by atoms with Crippen LogP contribution in [0.3, 0.4) is 0 Å². The van der Waals surface area contributed by atoms with E-state index >= 15 is 0 Å². The number of carbonyl (C=O) groups is 1. The second kappa shape index (κ2) is 6.65. The van der Waals surface area contributed by atoms with Gasteiger partial charge in [-0.05, 0) is 50.4 Å². The fourth-order valence-corrected chi connectivity index (χ4v) is 4.50. The number of piperidine rings is 1. The van der Waals surface area contributed by atoms with Crippen molar-refractivity contribution in [1.29, 1.82) is 0 Å². The molecule has 1 saturated heterocycles. The molecule has 0 aromatic rings. The molecule has 20 heavy (non-hydrogen) atoms. The van der Waals surface area contributed by atoms with Gasteiger partial charge in [0.1, 0.15) is 0 Å². The van der Waals surface area contributed by atoms with E-state index < -0.39 is 0 Å². The Bertz CT molecular complexity index is 331. The number of hydrogen-bond donors (Lipinski definition) is 1. The number of hydrogen-bond acceptors (Lipinski definition) is 2. The second-order valence-electron chi connectivity index (χ2n) is 7.16. The lowest BCUT2D eigenvalue weighted by Gasteiger charge is -2.44. The number of likely N-dealkylation sites (tertiary alicyclic amines) is 1. The van der Waals surface area contributed by atoms with Gasteiger partial charge in [-0.2, -0.15) is 0 Å². The molecule has 0 aromatic carbocycles. The minimum absolute atomic E-state index is 0. The van der Waals surface area contributed by atoms with E-state index in [1.165, 1.54) is 44.9 Å². The highest BCUT2D eigenvalue weighted by Crippen LogP contribution is 2.44. The topological polar surface area (TPSA) is 46.3 Å². The summed E-state index contributed by atoms with van der Waals surface area (Å²) in [6.45, 7) is 2.01. The molecule has 3 nitrogen and oxygen atoms in total. The van der Waals surface area contributed by atoms with Crippen LogP contribution in [0.2, 0.25) is 0 Å². The molecule has 2 unspecified atom stereocenters. The number of halogens is 1. The molecular formula is C16H29ClN2O. The molecular weight excluding hydrogens is 272 g/mol. The lowest BCUT2D eigenvalue weighted by Crippen LogP contribution is -2.45. The summed E-state index contributed by atoms with van der Waals surface area (Å²) < 4.78 is 0. The summed E-state index contributed by atoms with van der Waals surface area (Å²) in [5.74, 6) is 0.633. The third kappa shape index (κ3) is 3.30. The maximum Gasteiger partial charge on any atom is 0.225 e. The number of nitrogens with zero attached hydrogens (tertiary/aromatic N) is 1. The quantitative estimate of drug-likeness (QED) is 0.809. The summed E-state index contributed by atoms with van der Waals surface area (Å²) in [7, 11) is 0. The molecule has 2 atom stereocenters. The van der Waals surface area contributed by atoms with Gasteiger partial charge in [0.2, 0.25) is 5.91 Å². The molecule has 3 aliphatic rings. The highest BCUT2D eigenvalue weighted by atomic mass is 35.5. The number of nitrogens with two attached hydrogens (primary N) is 1. The minimum atomic E-state index is 0. The predicted octanol–water partition coefficient (Wildman–Crippen LogP) is 3.11. The van der Waals surface area contributed by atoms with Gasteiger partial charge in [-0.3, -0.25) is 4.79 Å². The van der Waals surface area contributed by atoms with Crippen molar-refractivity contribution >= 4 is 18.3 Å². The normalized spacial score (nSPS) is 33.0. The van der Waals surface area contributed by atoms with Crippen molar-refractivity contribution in [2.45, 2.75) is 70.3 Å². The molecule has 4 heteroatoms. The van der Waals surface area contributed by atoms with Gasteiger partial charge in [0.15, 0.2) is 0 Å². The van der Waals surface area contributed by atoms with Crippen molar-refractivity contribution in [3.05, 3.63) is 0 Å². The summed E-state index contributed by atoms with van der Waals surface area (Å²) in [5.41, 5.74) is 6.53. The van der Waals surface area contributed by atoms with Crippen molar-refractivity contribution in [2.24, 2.45) is 17.1 Å². The van der Waals surface area contributed by atoms with Gasteiger partial charge in [-0.1, -0.05) is 19.3 Å². The van der Waals surface area contributed by atoms with Crippen LogP contribution in [0.25, 0.3) is 0 Å². The Kier molecular flexibility index (Phi) is 5.36. The summed E-state index contributed by atoms with van der Waals surface area (Å²) in [6, 6.07) is 0.267. The van der Waals surface area contributed by atoms with Gasteiger partial charge in [0, 0.05) is 25.0 Å². The molecule has 1 heterocycles. The second-order valence-corrected chi connectivity index (χ2v) is 7.16. The Hall–Kier alpha value is -0.280. The van der Waals surface area contributed by atoms with Crippen molar-refractivity contribution in [3.8, 4) is 0 Å². The molecule has 0 radical (unpaired) electrons. The molecule has 1 amide bonds. The van der Waals surface area contributed by atoms with E-state index in [-0.39, 0.29) is 24.4 Å². The molecule has 116 valence electrons. The van der Waals surface area contributed by atoms with E-state index in [4.69, 9.17) is 5.73 Å². The zero-order valence-corrected chi connectivity index (χ0v) is 13.3. The summed E-state index contributed by atoms with van der Waals surface area (Å²) in [4.78, 5) is 14.6. The van der Waals surface area contributed by atoms with Crippen LogP contribution in [0.4, 0.5) is 0 Å². The van der Waals surface area contributed by atoms with Crippen LogP contribution < -0.4 is 5.73 Å². The van der Waals surface area contributed by atoms with E-state index in [2.05, 4.69) is 4.90 Å². The van der Waals surface area contributed by atoms with Crippen LogP contribution in [0.15, 0.2) is 0 Å². The molecule has 3 fully saturated rings. The first-order valence-corrected chi connectivity index (χ1v) is 8.23. The van der Waals surface area contributed by atoms with Crippen LogP contribution in [-0.2, 0) is 4.79 Å². The van der Waals surface area contributed by atoms with E-state index in [1.807, 2.05) is 0 Å². The number of carbonyl (C=O) groups excluding carboxylic acids is 1. The fraction of sp³-hybridized carbons (Fsp3) is 0.938. The third-order valence-electron chi connectivity index (χ3n) is 5.87. The van der Waals surface area contributed by atoms with Crippen LogP contribution in [0.5, 0.6) is 0 Å². The zero-order chi connectivity index (χ0) is 13.3. The number of rotatable bonds is 1. The number of amides is 1. The first-order chi connectivity index (χ1) is 9.19. The molecule has 0 aromatic heterocycles. The van der Waals surface area contributed by atoms with Crippen molar-refractivity contribution in [1.82, 2.24) is 4.90 Å². The molecule has 0 bridgehead atoms. The SMILES string of the molecule is Cl.NC1CCC(C(=O)N2CCC3(CCCCC3)CC2)C1. The predicted molar refractivity (Wildman–Crippen MR) is 83.9 cm³/mol. The van der Waals surface area contributed by atoms with E-state index in [1.54, 1.807) is 0 Å². The van der Waals surface area contributed by atoms with Crippen LogP contribution in [0, 0.1) is 11.3 Å². The van der Waals surface area contributed by atoms with Gasteiger partial charge in [0.05, 0.1) is 0 Å².